The fourth-order valence-electron chi connectivity index (χ4n) is 2.32. The van der Waals surface area contributed by atoms with Gasteiger partial charge in [0.25, 0.3) is 0 Å². The highest BCUT2D eigenvalue weighted by Crippen LogP contribution is 2.43. The Hall–Kier alpha value is -1.79. The molecule has 2 unspecified atom stereocenters. The SMILES string of the molecule is N#Cc1ccc(NC2CC2c2ccccc2)c(Br)c1. The van der Waals surface area contributed by atoms with Crippen molar-refractivity contribution in [1.82, 2.24) is 0 Å². The van der Waals surface area contributed by atoms with Crippen LogP contribution in [-0.2, 0) is 0 Å². The molecule has 1 fully saturated rings. The van der Waals surface area contributed by atoms with E-state index in [1.165, 1.54) is 5.56 Å². The summed E-state index contributed by atoms with van der Waals surface area (Å²) in [4.78, 5) is 0. The van der Waals surface area contributed by atoms with Gasteiger partial charge in [0, 0.05) is 22.1 Å². The average molecular weight is 313 g/mol. The monoisotopic (exact) mass is 312 g/mol. The zero-order valence-electron chi connectivity index (χ0n) is 10.3. The molecular weight excluding hydrogens is 300 g/mol. The van der Waals surface area contributed by atoms with Crippen molar-refractivity contribution in [3.63, 3.8) is 0 Å². The van der Waals surface area contributed by atoms with Crippen LogP contribution in [0.25, 0.3) is 0 Å². The second-order valence-electron chi connectivity index (χ2n) is 4.81. The summed E-state index contributed by atoms with van der Waals surface area (Å²) in [5.41, 5.74) is 3.13. The van der Waals surface area contributed by atoms with Gasteiger partial charge < -0.3 is 5.32 Å². The van der Waals surface area contributed by atoms with Gasteiger partial charge >= 0.3 is 0 Å². The summed E-state index contributed by atoms with van der Waals surface area (Å²) in [6, 6.07) is 18.9. The highest BCUT2D eigenvalue weighted by atomic mass is 79.9. The third-order valence-electron chi connectivity index (χ3n) is 3.46. The summed E-state index contributed by atoms with van der Waals surface area (Å²) in [7, 11) is 0. The molecule has 0 aliphatic heterocycles. The first-order valence-corrected chi connectivity index (χ1v) is 7.08. The van der Waals surface area contributed by atoms with E-state index < -0.39 is 0 Å². The zero-order chi connectivity index (χ0) is 13.2. The fraction of sp³-hybridized carbons (Fsp3) is 0.188. The molecule has 3 rings (SSSR count). The standard InChI is InChI=1S/C16H13BrN2/c17-14-8-11(10-18)6-7-15(14)19-16-9-13(16)12-4-2-1-3-5-12/h1-8,13,16,19H,9H2. The molecule has 0 radical (unpaired) electrons. The Morgan fingerprint density at radius 3 is 2.63 bits per heavy atom. The van der Waals surface area contributed by atoms with Crippen LogP contribution in [0, 0.1) is 11.3 Å². The van der Waals surface area contributed by atoms with E-state index in [-0.39, 0.29) is 0 Å². The highest BCUT2D eigenvalue weighted by molar-refractivity contribution is 9.10. The number of hydrogen-bond acceptors (Lipinski definition) is 2. The van der Waals surface area contributed by atoms with Gasteiger partial charge in [-0.15, -0.1) is 0 Å². The van der Waals surface area contributed by atoms with Crippen molar-refractivity contribution in [2.75, 3.05) is 5.32 Å². The summed E-state index contributed by atoms with van der Waals surface area (Å²) in [5, 5.41) is 12.4. The van der Waals surface area contributed by atoms with E-state index in [0.29, 0.717) is 17.5 Å². The van der Waals surface area contributed by atoms with Gasteiger partial charge in [-0.2, -0.15) is 5.26 Å². The van der Waals surface area contributed by atoms with Crippen LogP contribution in [0.2, 0.25) is 0 Å². The summed E-state index contributed by atoms with van der Waals surface area (Å²) in [6.07, 6.45) is 1.16. The molecule has 0 heterocycles. The number of hydrogen-bond donors (Lipinski definition) is 1. The lowest BCUT2D eigenvalue weighted by molar-refractivity contribution is 1.04. The van der Waals surface area contributed by atoms with Gasteiger partial charge in [0.1, 0.15) is 0 Å². The first-order valence-electron chi connectivity index (χ1n) is 6.29. The van der Waals surface area contributed by atoms with Crippen molar-refractivity contribution in [2.24, 2.45) is 0 Å². The van der Waals surface area contributed by atoms with Crippen LogP contribution in [0.15, 0.2) is 53.0 Å². The molecule has 2 nitrogen and oxygen atoms in total. The van der Waals surface area contributed by atoms with E-state index >= 15 is 0 Å². The van der Waals surface area contributed by atoms with Crippen LogP contribution in [0.3, 0.4) is 0 Å². The van der Waals surface area contributed by atoms with Crippen LogP contribution in [-0.4, -0.2) is 6.04 Å². The lowest BCUT2D eigenvalue weighted by Crippen LogP contribution is -2.04. The summed E-state index contributed by atoms with van der Waals surface area (Å²) < 4.78 is 0.949. The Morgan fingerprint density at radius 1 is 1.16 bits per heavy atom. The van der Waals surface area contributed by atoms with E-state index in [1.54, 1.807) is 0 Å². The minimum atomic E-state index is 0.492. The molecule has 0 bridgehead atoms. The molecule has 1 N–H and O–H groups in total. The Balaban J connectivity index is 1.70. The van der Waals surface area contributed by atoms with Crippen molar-refractivity contribution in [3.05, 3.63) is 64.1 Å². The Kier molecular flexibility index (Phi) is 3.27. The van der Waals surface area contributed by atoms with Crippen LogP contribution in [0.1, 0.15) is 23.5 Å². The number of nitrogens with one attached hydrogen (secondary N) is 1. The first kappa shape index (κ1) is 12.3. The van der Waals surface area contributed by atoms with Gasteiger partial charge in [0.05, 0.1) is 11.6 Å². The molecule has 19 heavy (non-hydrogen) atoms. The predicted molar refractivity (Wildman–Crippen MR) is 80.1 cm³/mol. The van der Waals surface area contributed by atoms with Crippen molar-refractivity contribution in [2.45, 2.75) is 18.4 Å². The number of nitrogens with zero attached hydrogens (tertiary/aromatic N) is 1. The third-order valence-corrected chi connectivity index (χ3v) is 4.11. The van der Waals surface area contributed by atoms with Crippen LogP contribution in [0.5, 0.6) is 0 Å². The van der Waals surface area contributed by atoms with Gasteiger partial charge in [-0.25, -0.2) is 0 Å². The molecule has 0 spiro atoms. The van der Waals surface area contributed by atoms with Crippen molar-refractivity contribution in [1.29, 1.82) is 5.26 Å². The van der Waals surface area contributed by atoms with Crippen molar-refractivity contribution in [3.8, 4) is 6.07 Å². The maximum Gasteiger partial charge on any atom is 0.0992 e. The molecule has 94 valence electrons. The molecule has 1 saturated carbocycles. The molecular formula is C16H13BrN2. The van der Waals surface area contributed by atoms with E-state index in [1.807, 2.05) is 24.3 Å². The fourth-order valence-corrected chi connectivity index (χ4v) is 2.82. The van der Waals surface area contributed by atoms with Gasteiger partial charge in [0.15, 0.2) is 0 Å². The van der Waals surface area contributed by atoms with Crippen LogP contribution >= 0.6 is 15.9 Å². The van der Waals surface area contributed by atoms with Gasteiger partial charge in [-0.05, 0) is 46.1 Å². The molecule has 0 saturated heterocycles. The molecule has 0 amide bonds. The van der Waals surface area contributed by atoms with Gasteiger partial charge in [-0.1, -0.05) is 30.3 Å². The normalized spacial score (nSPS) is 20.6. The first-order chi connectivity index (χ1) is 9.28. The maximum absolute atomic E-state index is 8.85. The molecule has 2 atom stereocenters. The van der Waals surface area contributed by atoms with E-state index in [4.69, 9.17) is 5.26 Å². The molecule has 2 aromatic rings. The zero-order valence-corrected chi connectivity index (χ0v) is 11.9. The molecule has 0 aromatic heterocycles. The quantitative estimate of drug-likeness (QED) is 0.917. The number of anilines is 1. The largest absolute Gasteiger partial charge is 0.381 e. The third kappa shape index (κ3) is 2.64. The maximum atomic E-state index is 8.85. The Morgan fingerprint density at radius 2 is 1.95 bits per heavy atom. The summed E-state index contributed by atoms with van der Waals surface area (Å²) in [6.45, 7) is 0. The Bertz CT molecular complexity index is 631. The highest BCUT2D eigenvalue weighted by Gasteiger charge is 2.38. The second-order valence-corrected chi connectivity index (χ2v) is 5.66. The molecule has 1 aliphatic carbocycles. The van der Waals surface area contributed by atoms with Gasteiger partial charge in [0.2, 0.25) is 0 Å². The average Bonchev–Trinajstić information content (AvgIpc) is 3.21. The number of nitriles is 1. The summed E-state index contributed by atoms with van der Waals surface area (Å²) >= 11 is 3.51. The topological polar surface area (TPSA) is 35.8 Å². The van der Waals surface area contributed by atoms with Crippen LogP contribution in [0.4, 0.5) is 5.69 Å². The minimum absolute atomic E-state index is 0.492. The molecule has 1 aliphatic rings. The van der Waals surface area contributed by atoms with E-state index in [2.05, 4.69) is 51.6 Å². The smallest absolute Gasteiger partial charge is 0.0992 e. The Labute approximate surface area is 121 Å². The lowest BCUT2D eigenvalue weighted by atomic mass is 10.1. The number of benzene rings is 2. The minimum Gasteiger partial charge on any atom is -0.381 e. The van der Waals surface area contributed by atoms with Crippen LogP contribution < -0.4 is 5.32 Å². The van der Waals surface area contributed by atoms with Crippen molar-refractivity contribution < 1.29 is 0 Å². The predicted octanol–water partition coefficient (Wildman–Crippen LogP) is 4.29. The van der Waals surface area contributed by atoms with E-state index in [0.717, 1.165) is 16.6 Å². The molecule has 3 heteroatoms. The lowest BCUT2D eigenvalue weighted by Gasteiger charge is -2.08. The van der Waals surface area contributed by atoms with Gasteiger partial charge in [-0.3, -0.25) is 0 Å². The number of halogens is 1. The molecule has 2 aromatic carbocycles. The number of rotatable bonds is 3. The van der Waals surface area contributed by atoms with Crippen molar-refractivity contribution >= 4 is 21.6 Å². The van der Waals surface area contributed by atoms with E-state index in [9.17, 15) is 0 Å². The second kappa shape index (κ2) is 5.07. The summed E-state index contributed by atoms with van der Waals surface area (Å²) in [5.74, 6) is 0.601.